The number of fused-ring (bicyclic) bond motifs is 1. The van der Waals surface area contributed by atoms with E-state index in [1.807, 2.05) is 24.3 Å². The molecule has 120 valence electrons. The van der Waals surface area contributed by atoms with E-state index in [1.165, 1.54) is 0 Å². The summed E-state index contributed by atoms with van der Waals surface area (Å²) in [5.41, 5.74) is 1.000. The van der Waals surface area contributed by atoms with Crippen LogP contribution in [0.15, 0.2) is 24.3 Å². The SMILES string of the molecule is O=C(C[C@H]1NC(=O)NC1=O)NCCCc1nc2ccccc2s1. The first-order chi connectivity index (χ1) is 11.1. The van der Waals surface area contributed by atoms with Crippen LogP contribution in [0.25, 0.3) is 10.2 Å². The minimum Gasteiger partial charge on any atom is -0.356 e. The lowest BCUT2D eigenvalue weighted by Crippen LogP contribution is -2.36. The van der Waals surface area contributed by atoms with Crippen LogP contribution in [0.1, 0.15) is 17.8 Å². The van der Waals surface area contributed by atoms with E-state index in [0.717, 1.165) is 28.1 Å². The molecule has 3 N–H and O–H groups in total. The molecule has 1 aliphatic rings. The molecule has 0 saturated carbocycles. The molecule has 1 aromatic carbocycles. The number of carbonyl (C=O) groups is 3. The molecule has 4 amide bonds. The smallest absolute Gasteiger partial charge is 0.322 e. The molecule has 3 rings (SSSR count). The normalized spacial score (nSPS) is 17.1. The summed E-state index contributed by atoms with van der Waals surface area (Å²) in [6, 6.07) is 6.65. The fourth-order valence-corrected chi connectivity index (χ4v) is 3.36. The van der Waals surface area contributed by atoms with Gasteiger partial charge in [-0.2, -0.15) is 0 Å². The Balaban J connectivity index is 1.40. The third-order valence-electron chi connectivity index (χ3n) is 3.48. The van der Waals surface area contributed by atoms with E-state index in [-0.39, 0.29) is 12.3 Å². The molecule has 23 heavy (non-hydrogen) atoms. The Kier molecular flexibility index (Phi) is 4.52. The highest BCUT2D eigenvalue weighted by atomic mass is 32.1. The molecule has 0 aliphatic carbocycles. The maximum Gasteiger partial charge on any atom is 0.322 e. The summed E-state index contributed by atoms with van der Waals surface area (Å²) in [5, 5.41) is 8.29. The van der Waals surface area contributed by atoms with Crippen molar-refractivity contribution in [3.63, 3.8) is 0 Å². The van der Waals surface area contributed by atoms with Crippen molar-refractivity contribution < 1.29 is 14.4 Å². The Hall–Kier alpha value is -2.48. The average Bonchev–Trinajstić information content (AvgIpc) is 3.06. The van der Waals surface area contributed by atoms with Gasteiger partial charge < -0.3 is 10.6 Å². The molecule has 2 aromatic rings. The highest BCUT2D eigenvalue weighted by Crippen LogP contribution is 2.22. The molecule has 1 saturated heterocycles. The van der Waals surface area contributed by atoms with Crippen molar-refractivity contribution in [3.05, 3.63) is 29.3 Å². The van der Waals surface area contributed by atoms with Crippen LogP contribution in [0.3, 0.4) is 0 Å². The van der Waals surface area contributed by atoms with E-state index in [2.05, 4.69) is 20.9 Å². The van der Waals surface area contributed by atoms with Crippen LogP contribution < -0.4 is 16.0 Å². The Morgan fingerprint density at radius 3 is 2.87 bits per heavy atom. The molecule has 1 aliphatic heterocycles. The number of urea groups is 1. The molecule has 0 bridgehead atoms. The number of nitrogens with one attached hydrogen (secondary N) is 3. The number of benzene rings is 1. The topological polar surface area (TPSA) is 100 Å². The van der Waals surface area contributed by atoms with Crippen LogP contribution >= 0.6 is 11.3 Å². The van der Waals surface area contributed by atoms with E-state index in [0.29, 0.717) is 6.54 Å². The van der Waals surface area contributed by atoms with Gasteiger partial charge in [-0.05, 0) is 18.6 Å². The summed E-state index contributed by atoms with van der Waals surface area (Å²) in [7, 11) is 0. The molecule has 1 atom stereocenters. The minimum atomic E-state index is -0.772. The van der Waals surface area contributed by atoms with Gasteiger partial charge >= 0.3 is 6.03 Å². The zero-order valence-electron chi connectivity index (χ0n) is 12.3. The molecule has 8 heteroatoms. The molecule has 0 unspecified atom stereocenters. The molecule has 7 nitrogen and oxygen atoms in total. The molecule has 0 spiro atoms. The Morgan fingerprint density at radius 1 is 1.30 bits per heavy atom. The van der Waals surface area contributed by atoms with Crippen molar-refractivity contribution in [1.29, 1.82) is 0 Å². The van der Waals surface area contributed by atoms with Crippen LogP contribution in [0.4, 0.5) is 4.79 Å². The largest absolute Gasteiger partial charge is 0.356 e. The molecule has 1 fully saturated rings. The number of hydrogen-bond acceptors (Lipinski definition) is 5. The molecule has 1 aromatic heterocycles. The van der Waals surface area contributed by atoms with Gasteiger partial charge in [-0.1, -0.05) is 12.1 Å². The average molecular weight is 332 g/mol. The third kappa shape index (κ3) is 3.84. The van der Waals surface area contributed by atoms with Crippen LogP contribution in [0.2, 0.25) is 0 Å². The maximum atomic E-state index is 11.7. The van der Waals surface area contributed by atoms with E-state index < -0.39 is 18.0 Å². The summed E-state index contributed by atoms with van der Waals surface area (Å²) < 4.78 is 1.16. The number of thiazole rings is 1. The summed E-state index contributed by atoms with van der Waals surface area (Å²) >= 11 is 1.66. The van der Waals surface area contributed by atoms with Crippen LogP contribution in [-0.2, 0) is 16.0 Å². The summed E-state index contributed by atoms with van der Waals surface area (Å²) in [5.74, 6) is -0.712. The van der Waals surface area contributed by atoms with E-state index in [9.17, 15) is 14.4 Å². The van der Waals surface area contributed by atoms with Crippen LogP contribution in [0.5, 0.6) is 0 Å². The second-order valence-corrected chi connectivity index (χ2v) is 6.36. The molecule has 0 radical (unpaired) electrons. The number of imide groups is 1. The summed E-state index contributed by atoms with van der Waals surface area (Å²) in [4.78, 5) is 38.6. The first kappa shape index (κ1) is 15.4. The number of rotatable bonds is 6. The lowest BCUT2D eigenvalue weighted by molar-refractivity contribution is -0.126. The number of para-hydroxylation sites is 1. The third-order valence-corrected chi connectivity index (χ3v) is 4.57. The van der Waals surface area contributed by atoms with Gasteiger partial charge in [-0.15, -0.1) is 11.3 Å². The van der Waals surface area contributed by atoms with Crippen molar-refractivity contribution in [2.24, 2.45) is 0 Å². The first-order valence-electron chi connectivity index (χ1n) is 7.34. The van der Waals surface area contributed by atoms with E-state index in [4.69, 9.17) is 0 Å². The van der Waals surface area contributed by atoms with Gasteiger partial charge in [0.25, 0.3) is 5.91 Å². The van der Waals surface area contributed by atoms with Gasteiger partial charge in [0.2, 0.25) is 5.91 Å². The maximum absolute atomic E-state index is 11.7. The van der Waals surface area contributed by atoms with Crippen molar-refractivity contribution in [2.45, 2.75) is 25.3 Å². The van der Waals surface area contributed by atoms with Gasteiger partial charge in [-0.3, -0.25) is 14.9 Å². The Morgan fingerprint density at radius 2 is 2.13 bits per heavy atom. The van der Waals surface area contributed by atoms with Crippen LogP contribution in [-0.4, -0.2) is 35.4 Å². The number of aromatic nitrogens is 1. The second-order valence-electron chi connectivity index (χ2n) is 5.25. The van der Waals surface area contributed by atoms with Crippen molar-refractivity contribution in [1.82, 2.24) is 20.9 Å². The van der Waals surface area contributed by atoms with E-state index >= 15 is 0 Å². The Bertz CT molecular complexity index is 725. The second kappa shape index (κ2) is 6.74. The van der Waals surface area contributed by atoms with Crippen molar-refractivity contribution in [2.75, 3.05) is 6.54 Å². The number of aryl methyl sites for hydroxylation is 1. The fraction of sp³-hybridized carbons (Fsp3) is 0.333. The van der Waals surface area contributed by atoms with Gasteiger partial charge in [-0.25, -0.2) is 9.78 Å². The molecule has 2 heterocycles. The zero-order chi connectivity index (χ0) is 16.2. The fourth-order valence-electron chi connectivity index (χ4n) is 2.35. The van der Waals surface area contributed by atoms with Crippen molar-refractivity contribution >= 4 is 39.4 Å². The molecular weight excluding hydrogens is 316 g/mol. The predicted molar refractivity (Wildman–Crippen MR) is 86.0 cm³/mol. The number of nitrogens with zero attached hydrogens (tertiary/aromatic N) is 1. The highest BCUT2D eigenvalue weighted by Gasteiger charge is 2.30. The number of hydrogen-bond donors (Lipinski definition) is 3. The lowest BCUT2D eigenvalue weighted by atomic mass is 10.2. The minimum absolute atomic E-state index is 0.0429. The number of carbonyl (C=O) groups excluding carboxylic acids is 3. The van der Waals surface area contributed by atoms with E-state index in [1.54, 1.807) is 11.3 Å². The summed E-state index contributed by atoms with van der Waals surface area (Å²) in [6.45, 7) is 0.511. The van der Waals surface area contributed by atoms with Crippen molar-refractivity contribution in [3.8, 4) is 0 Å². The monoisotopic (exact) mass is 332 g/mol. The highest BCUT2D eigenvalue weighted by molar-refractivity contribution is 7.18. The first-order valence-corrected chi connectivity index (χ1v) is 8.16. The lowest BCUT2D eigenvalue weighted by Gasteiger charge is -2.07. The number of amides is 4. The van der Waals surface area contributed by atoms with Crippen LogP contribution in [0, 0.1) is 0 Å². The van der Waals surface area contributed by atoms with Gasteiger partial charge in [0, 0.05) is 13.0 Å². The summed E-state index contributed by atoms with van der Waals surface area (Å²) in [6.07, 6.45) is 1.52. The zero-order valence-corrected chi connectivity index (χ0v) is 13.1. The van der Waals surface area contributed by atoms with Gasteiger partial charge in [0.05, 0.1) is 21.6 Å². The van der Waals surface area contributed by atoms with Gasteiger partial charge in [0.1, 0.15) is 6.04 Å². The standard InChI is InChI=1S/C15H16N4O3S/c20-12(8-10-14(21)19-15(22)18-10)16-7-3-6-13-17-9-4-1-2-5-11(9)23-13/h1-2,4-5,10H,3,6-8H2,(H,16,20)(H2,18,19,21,22)/t10-/m1/s1. The van der Waals surface area contributed by atoms with Gasteiger partial charge in [0.15, 0.2) is 0 Å². The quantitative estimate of drug-likeness (QED) is 0.541. The predicted octanol–water partition coefficient (Wildman–Crippen LogP) is 0.943. The Labute approximate surface area is 136 Å². The molecular formula is C15H16N4O3S.